The van der Waals surface area contributed by atoms with Crippen LogP contribution >= 0.6 is 0 Å². The summed E-state index contributed by atoms with van der Waals surface area (Å²) in [6.07, 6.45) is 0.839. The average Bonchev–Trinajstić information content (AvgIpc) is 3.43. The third-order valence-corrected chi connectivity index (χ3v) is 7.61. The quantitative estimate of drug-likeness (QED) is 0.289. The highest BCUT2D eigenvalue weighted by Gasteiger charge is 2.30. The Morgan fingerprint density at radius 1 is 1.07 bits per heavy atom. The number of fused-ring (bicyclic) bond motifs is 1. The van der Waals surface area contributed by atoms with E-state index in [4.69, 9.17) is 9.47 Å². The maximum Gasteiger partial charge on any atom is 0.252 e. The van der Waals surface area contributed by atoms with E-state index >= 15 is 0 Å². The van der Waals surface area contributed by atoms with Crippen molar-refractivity contribution >= 4 is 10.9 Å². The van der Waals surface area contributed by atoms with Crippen LogP contribution in [0.2, 0.25) is 0 Å². The highest BCUT2D eigenvalue weighted by Crippen LogP contribution is 2.29. The number of nitrogens with one attached hydrogen (secondary N) is 1. The van der Waals surface area contributed by atoms with Gasteiger partial charge >= 0.3 is 0 Å². The lowest BCUT2D eigenvalue weighted by Crippen LogP contribution is -2.44. The number of aromatic nitrogens is 5. The average molecular weight is 546 g/mol. The zero-order chi connectivity index (χ0) is 27.9. The lowest BCUT2D eigenvalue weighted by atomic mass is 10.00. The van der Waals surface area contributed by atoms with Gasteiger partial charge in [-0.05, 0) is 51.9 Å². The van der Waals surface area contributed by atoms with Crippen molar-refractivity contribution in [2.75, 3.05) is 46.5 Å². The number of pyridine rings is 1. The molecular weight excluding hydrogens is 506 g/mol. The minimum absolute atomic E-state index is 0.0715. The highest BCUT2D eigenvalue weighted by molar-refractivity contribution is 5.80. The zero-order valence-corrected chi connectivity index (χ0v) is 23.6. The number of aromatic amines is 1. The summed E-state index contributed by atoms with van der Waals surface area (Å²) in [4.78, 5) is 21.1. The first-order valence-electron chi connectivity index (χ1n) is 14.1. The second kappa shape index (κ2) is 13.2. The van der Waals surface area contributed by atoms with Gasteiger partial charge < -0.3 is 14.5 Å². The van der Waals surface area contributed by atoms with E-state index in [0.717, 1.165) is 62.5 Å². The van der Waals surface area contributed by atoms with Gasteiger partial charge in [0, 0.05) is 50.9 Å². The smallest absolute Gasteiger partial charge is 0.252 e. The number of hydrogen-bond acceptors (Lipinski definition) is 8. The number of H-pyrrole nitrogens is 1. The summed E-state index contributed by atoms with van der Waals surface area (Å²) in [6.45, 7) is 10.5. The minimum atomic E-state index is -0.0942. The van der Waals surface area contributed by atoms with E-state index in [2.05, 4.69) is 68.4 Å². The van der Waals surface area contributed by atoms with E-state index in [1.807, 2.05) is 35.0 Å². The van der Waals surface area contributed by atoms with Crippen LogP contribution in [0.15, 0.2) is 59.4 Å². The molecule has 0 bridgehead atoms. The molecular formula is C30H39N7O3. The van der Waals surface area contributed by atoms with Crippen molar-refractivity contribution in [3.63, 3.8) is 0 Å². The molecule has 10 nitrogen and oxygen atoms in total. The summed E-state index contributed by atoms with van der Waals surface area (Å²) in [5.74, 6) is 1.76. The van der Waals surface area contributed by atoms with E-state index in [9.17, 15) is 4.79 Å². The molecule has 1 N–H and O–H groups in total. The first-order valence-corrected chi connectivity index (χ1v) is 14.1. The van der Waals surface area contributed by atoms with Gasteiger partial charge in [0.25, 0.3) is 5.56 Å². The summed E-state index contributed by atoms with van der Waals surface area (Å²) < 4.78 is 12.8. The van der Waals surface area contributed by atoms with Gasteiger partial charge in [-0.3, -0.25) is 14.6 Å². The predicted molar refractivity (Wildman–Crippen MR) is 154 cm³/mol. The van der Waals surface area contributed by atoms with Gasteiger partial charge in [0.2, 0.25) is 0 Å². The number of morpholine rings is 1. The number of aryl methyl sites for hydroxylation is 2. The van der Waals surface area contributed by atoms with Gasteiger partial charge in [0.05, 0.1) is 31.9 Å². The topological polar surface area (TPSA) is 101 Å². The molecule has 0 radical (unpaired) electrons. The molecule has 1 fully saturated rings. The molecule has 40 heavy (non-hydrogen) atoms. The van der Waals surface area contributed by atoms with Gasteiger partial charge in [-0.1, -0.05) is 44.2 Å². The lowest BCUT2D eigenvalue weighted by molar-refractivity contribution is 0.0268. The highest BCUT2D eigenvalue weighted by atomic mass is 16.5. The number of tetrazole rings is 1. The molecule has 1 atom stereocenters. The SMILES string of the molecule is COc1ccc2cc(CN(CCN3CCOCC3)[C@H](c3nnnn3CCc3ccccc3)C(C)C)c(=O)[nH]c2c1. The van der Waals surface area contributed by atoms with Crippen LogP contribution in [0.1, 0.15) is 36.8 Å². The third-order valence-electron chi connectivity index (χ3n) is 7.61. The normalized spacial score (nSPS) is 15.2. The van der Waals surface area contributed by atoms with Gasteiger partial charge in [0.15, 0.2) is 5.82 Å². The van der Waals surface area contributed by atoms with Gasteiger partial charge in [-0.15, -0.1) is 5.10 Å². The van der Waals surface area contributed by atoms with Gasteiger partial charge in [-0.25, -0.2) is 4.68 Å². The Balaban J connectivity index is 1.44. The van der Waals surface area contributed by atoms with Crippen LogP contribution in [-0.2, 0) is 24.2 Å². The molecule has 10 heteroatoms. The number of methoxy groups -OCH3 is 1. The Kier molecular flexibility index (Phi) is 9.20. The van der Waals surface area contributed by atoms with E-state index in [-0.39, 0.29) is 17.5 Å². The van der Waals surface area contributed by atoms with Crippen molar-refractivity contribution in [2.24, 2.45) is 5.92 Å². The van der Waals surface area contributed by atoms with E-state index in [1.54, 1.807) is 7.11 Å². The first-order chi connectivity index (χ1) is 19.5. The number of rotatable bonds is 12. The summed E-state index contributed by atoms with van der Waals surface area (Å²) in [7, 11) is 1.62. The predicted octanol–water partition coefficient (Wildman–Crippen LogP) is 3.30. The fourth-order valence-electron chi connectivity index (χ4n) is 5.45. The van der Waals surface area contributed by atoms with Crippen molar-refractivity contribution in [3.05, 3.63) is 81.9 Å². The van der Waals surface area contributed by atoms with Crippen molar-refractivity contribution in [2.45, 2.75) is 39.4 Å². The summed E-state index contributed by atoms with van der Waals surface area (Å²) in [5.41, 5.74) is 2.63. The standard InChI is InChI=1S/C30H39N7O3/c1-22(2)28(29-32-33-34-37(29)12-11-23-7-5-4-6-8-23)36(14-13-35-15-17-40-18-16-35)21-25-19-24-9-10-26(39-3)20-27(24)31-30(25)38/h4-10,19-20,22,28H,11-18,21H2,1-3H3,(H,31,38)/t28-/m0/s1. The number of benzene rings is 2. The molecule has 212 valence electrons. The molecule has 3 heterocycles. The second-order valence-corrected chi connectivity index (χ2v) is 10.7. The van der Waals surface area contributed by atoms with Crippen LogP contribution in [0.4, 0.5) is 0 Å². The molecule has 1 aliphatic rings. The van der Waals surface area contributed by atoms with E-state index < -0.39 is 0 Å². The van der Waals surface area contributed by atoms with Crippen LogP contribution in [0, 0.1) is 5.92 Å². The van der Waals surface area contributed by atoms with Gasteiger partial charge in [0.1, 0.15) is 5.75 Å². The number of hydrogen-bond donors (Lipinski definition) is 1. The largest absolute Gasteiger partial charge is 0.497 e. The molecule has 2 aromatic carbocycles. The molecule has 0 amide bonds. The Hall–Kier alpha value is -3.60. The number of nitrogens with zero attached hydrogens (tertiary/aromatic N) is 6. The first kappa shape index (κ1) is 27.9. The van der Waals surface area contributed by atoms with Crippen molar-refractivity contribution in [1.82, 2.24) is 35.0 Å². The molecule has 1 saturated heterocycles. The second-order valence-electron chi connectivity index (χ2n) is 10.7. The maximum absolute atomic E-state index is 13.3. The summed E-state index contributed by atoms with van der Waals surface area (Å²) >= 11 is 0. The Morgan fingerprint density at radius 2 is 1.88 bits per heavy atom. The minimum Gasteiger partial charge on any atom is -0.497 e. The van der Waals surface area contributed by atoms with Crippen LogP contribution < -0.4 is 10.3 Å². The van der Waals surface area contributed by atoms with Crippen molar-refractivity contribution in [1.29, 1.82) is 0 Å². The molecule has 2 aromatic heterocycles. The Labute approximate surface area is 234 Å². The fraction of sp³-hybridized carbons (Fsp3) is 0.467. The molecule has 0 aliphatic carbocycles. The number of ether oxygens (including phenoxy) is 2. The monoisotopic (exact) mass is 545 g/mol. The van der Waals surface area contributed by atoms with Crippen LogP contribution in [0.25, 0.3) is 10.9 Å². The zero-order valence-electron chi connectivity index (χ0n) is 23.6. The van der Waals surface area contributed by atoms with Crippen molar-refractivity contribution < 1.29 is 9.47 Å². The van der Waals surface area contributed by atoms with Crippen molar-refractivity contribution in [3.8, 4) is 5.75 Å². The Morgan fingerprint density at radius 3 is 2.62 bits per heavy atom. The van der Waals surface area contributed by atoms with E-state index in [1.165, 1.54) is 5.56 Å². The van der Waals surface area contributed by atoms with Crippen LogP contribution in [-0.4, -0.2) is 81.5 Å². The molecule has 0 spiro atoms. The lowest BCUT2D eigenvalue weighted by Gasteiger charge is -2.36. The third kappa shape index (κ3) is 6.75. The fourth-order valence-corrected chi connectivity index (χ4v) is 5.45. The van der Waals surface area contributed by atoms with Crippen LogP contribution in [0.3, 0.4) is 0 Å². The maximum atomic E-state index is 13.3. The summed E-state index contributed by atoms with van der Waals surface area (Å²) in [6, 6.07) is 18.1. The Bertz CT molecular complexity index is 1430. The van der Waals surface area contributed by atoms with Gasteiger partial charge in [-0.2, -0.15) is 0 Å². The van der Waals surface area contributed by atoms with E-state index in [0.29, 0.717) is 24.4 Å². The molecule has 0 unspecified atom stereocenters. The molecule has 4 aromatic rings. The van der Waals surface area contributed by atoms with Crippen LogP contribution in [0.5, 0.6) is 5.75 Å². The molecule has 0 saturated carbocycles. The molecule has 1 aliphatic heterocycles. The summed E-state index contributed by atoms with van der Waals surface area (Å²) in [5, 5.41) is 13.9. The molecule has 5 rings (SSSR count).